The van der Waals surface area contributed by atoms with Crippen LogP contribution in [0, 0.1) is 5.92 Å². The van der Waals surface area contributed by atoms with Gasteiger partial charge in [0.05, 0.1) is 0 Å². The van der Waals surface area contributed by atoms with Gasteiger partial charge in [0.2, 0.25) is 0 Å². The molecule has 0 atom stereocenters. The molecule has 1 aliphatic carbocycles. The van der Waals surface area contributed by atoms with Crippen LogP contribution in [-0.4, -0.2) is 19.1 Å². The van der Waals surface area contributed by atoms with E-state index in [4.69, 9.17) is 0 Å². The molecular weight excluding hydrogens is 303 g/mol. The van der Waals surface area contributed by atoms with Gasteiger partial charge < -0.3 is 10.2 Å². The number of hydrogen-bond donors (Lipinski definition) is 1. The largest absolute Gasteiger partial charge is 0.382 e. The summed E-state index contributed by atoms with van der Waals surface area (Å²) in [7, 11) is 0. The highest BCUT2D eigenvalue weighted by molar-refractivity contribution is 5.85. The predicted octanol–water partition coefficient (Wildman–Crippen LogP) is 5.12. The summed E-state index contributed by atoms with van der Waals surface area (Å²) in [6.07, 6.45) is 8.10. The van der Waals surface area contributed by atoms with Crippen LogP contribution in [-0.2, 0) is 0 Å². The number of benzene rings is 1. The number of nitrogens with one attached hydrogen (secondary N) is 1. The quantitative estimate of drug-likeness (QED) is 0.827. The Balaban J connectivity index is 0.00000110. The van der Waals surface area contributed by atoms with E-state index in [1.807, 2.05) is 0 Å². The standard InChI is InChI=1S/C17H26N2.2ClH/c1-14-7-9-15(10-8-14)18-16-5-4-6-17(13-16)19-11-2-3-12-19;;/h4-6,13-15,18H,2-3,7-12H2,1H3;2*1H. The van der Waals surface area contributed by atoms with Gasteiger partial charge in [-0.2, -0.15) is 0 Å². The lowest BCUT2D eigenvalue weighted by Gasteiger charge is -2.28. The van der Waals surface area contributed by atoms with Crippen molar-refractivity contribution < 1.29 is 0 Å². The van der Waals surface area contributed by atoms with Crippen LogP contribution in [0.1, 0.15) is 45.4 Å². The third kappa shape index (κ3) is 4.96. The lowest BCUT2D eigenvalue weighted by Crippen LogP contribution is -2.25. The lowest BCUT2D eigenvalue weighted by molar-refractivity contribution is 0.361. The molecule has 1 aromatic carbocycles. The van der Waals surface area contributed by atoms with Crippen molar-refractivity contribution in [1.29, 1.82) is 0 Å². The van der Waals surface area contributed by atoms with E-state index in [1.165, 1.54) is 63.0 Å². The highest BCUT2D eigenvalue weighted by Gasteiger charge is 2.18. The van der Waals surface area contributed by atoms with Gasteiger partial charge in [-0.1, -0.05) is 13.0 Å². The summed E-state index contributed by atoms with van der Waals surface area (Å²) >= 11 is 0. The molecule has 1 aliphatic heterocycles. The Labute approximate surface area is 141 Å². The summed E-state index contributed by atoms with van der Waals surface area (Å²) in [5, 5.41) is 3.74. The first-order valence-corrected chi connectivity index (χ1v) is 7.93. The Morgan fingerprint density at radius 2 is 1.67 bits per heavy atom. The number of hydrogen-bond acceptors (Lipinski definition) is 2. The lowest BCUT2D eigenvalue weighted by atomic mass is 9.87. The minimum absolute atomic E-state index is 0. The van der Waals surface area contributed by atoms with Gasteiger partial charge in [-0.15, -0.1) is 24.8 Å². The van der Waals surface area contributed by atoms with Crippen LogP contribution in [0.5, 0.6) is 0 Å². The fraction of sp³-hybridized carbons (Fsp3) is 0.647. The topological polar surface area (TPSA) is 15.3 Å². The molecule has 21 heavy (non-hydrogen) atoms. The van der Waals surface area contributed by atoms with Gasteiger partial charge in [-0.25, -0.2) is 0 Å². The van der Waals surface area contributed by atoms with Crippen molar-refractivity contribution >= 4 is 36.2 Å². The highest BCUT2D eigenvalue weighted by atomic mass is 35.5. The minimum Gasteiger partial charge on any atom is -0.382 e. The van der Waals surface area contributed by atoms with Crippen molar-refractivity contribution in [2.24, 2.45) is 5.92 Å². The second-order valence-electron chi connectivity index (χ2n) is 6.35. The molecule has 0 unspecified atom stereocenters. The number of halogens is 2. The van der Waals surface area contributed by atoms with Gasteiger partial charge in [-0.05, 0) is 62.6 Å². The summed E-state index contributed by atoms with van der Waals surface area (Å²) in [5.41, 5.74) is 2.70. The monoisotopic (exact) mass is 330 g/mol. The second kappa shape index (κ2) is 8.75. The van der Waals surface area contributed by atoms with Crippen molar-refractivity contribution in [3.63, 3.8) is 0 Å². The Morgan fingerprint density at radius 3 is 2.33 bits per heavy atom. The van der Waals surface area contributed by atoms with Crippen LogP contribution in [0.4, 0.5) is 11.4 Å². The van der Waals surface area contributed by atoms with Crippen LogP contribution in [0.25, 0.3) is 0 Å². The van der Waals surface area contributed by atoms with Crippen molar-refractivity contribution in [2.45, 2.75) is 51.5 Å². The maximum absolute atomic E-state index is 3.74. The average Bonchev–Trinajstić information content (AvgIpc) is 2.96. The summed E-state index contributed by atoms with van der Waals surface area (Å²) in [6, 6.07) is 9.69. The molecule has 1 N–H and O–H groups in total. The summed E-state index contributed by atoms with van der Waals surface area (Å²) in [5.74, 6) is 0.925. The Morgan fingerprint density at radius 1 is 1.00 bits per heavy atom. The first-order valence-electron chi connectivity index (χ1n) is 7.93. The first kappa shape index (κ1) is 18.4. The van der Waals surface area contributed by atoms with E-state index >= 15 is 0 Å². The fourth-order valence-electron chi connectivity index (χ4n) is 3.41. The van der Waals surface area contributed by atoms with Gasteiger partial charge in [0.25, 0.3) is 0 Å². The first-order chi connectivity index (χ1) is 9.31. The Bertz CT molecular complexity index is 411. The van der Waals surface area contributed by atoms with Gasteiger partial charge in [0.1, 0.15) is 0 Å². The van der Waals surface area contributed by atoms with E-state index in [1.54, 1.807) is 0 Å². The van der Waals surface area contributed by atoms with E-state index < -0.39 is 0 Å². The summed E-state index contributed by atoms with van der Waals surface area (Å²) in [4.78, 5) is 2.51. The van der Waals surface area contributed by atoms with E-state index in [-0.39, 0.29) is 24.8 Å². The van der Waals surface area contributed by atoms with Crippen LogP contribution in [0.2, 0.25) is 0 Å². The summed E-state index contributed by atoms with van der Waals surface area (Å²) < 4.78 is 0. The summed E-state index contributed by atoms with van der Waals surface area (Å²) in [6.45, 7) is 4.83. The normalized spacial score (nSPS) is 24.9. The smallest absolute Gasteiger partial charge is 0.0386 e. The van der Waals surface area contributed by atoms with E-state index in [0.717, 1.165) is 5.92 Å². The molecule has 120 valence electrons. The SMILES string of the molecule is CC1CCC(Nc2cccc(N3CCCC3)c2)CC1.Cl.Cl. The minimum atomic E-state index is 0. The molecular formula is C17H28Cl2N2. The van der Waals surface area contributed by atoms with Crippen molar-refractivity contribution in [1.82, 2.24) is 0 Å². The zero-order valence-electron chi connectivity index (χ0n) is 12.9. The van der Waals surface area contributed by atoms with Crippen LogP contribution < -0.4 is 10.2 Å². The molecule has 4 heteroatoms. The number of anilines is 2. The molecule has 1 saturated carbocycles. The van der Waals surface area contributed by atoms with Crippen molar-refractivity contribution in [3.8, 4) is 0 Å². The third-order valence-corrected chi connectivity index (χ3v) is 4.70. The predicted molar refractivity (Wildman–Crippen MR) is 97.4 cm³/mol. The third-order valence-electron chi connectivity index (χ3n) is 4.70. The average molecular weight is 331 g/mol. The second-order valence-corrected chi connectivity index (χ2v) is 6.35. The molecule has 2 aliphatic rings. The number of rotatable bonds is 3. The van der Waals surface area contributed by atoms with Gasteiger partial charge in [-0.3, -0.25) is 0 Å². The highest BCUT2D eigenvalue weighted by Crippen LogP contribution is 2.28. The zero-order valence-corrected chi connectivity index (χ0v) is 14.5. The molecule has 0 spiro atoms. The van der Waals surface area contributed by atoms with Gasteiger partial charge in [0.15, 0.2) is 0 Å². The molecule has 0 bridgehead atoms. The van der Waals surface area contributed by atoms with Crippen LogP contribution in [0.3, 0.4) is 0 Å². The van der Waals surface area contributed by atoms with Gasteiger partial charge >= 0.3 is 0 Å². The fourth-order valence-corrected chi connectivity index (χ4v) is 3.41. The van der Waals surface area contributed by atoms with E-state index in [0.29, 0.717) is 6.04 Å². The van der Waals surface area contributed by atoms with Crippen LogP contribution >= 0.6 is 24.8 Å². The van der Waals surface area contributed by atoms with Crippen LogP contribution in [0.15, 0.2) is 24.3 Å². The molecule has 2 fully saturated rings. The van der Waals surface area contributed by atoms with E-state index in [2.05, 4.69) is 41.4 Å². The number of nitrogens with zero attached hydrogens (tertiary/aromatic N) is 1. The molecule has 0 aromatic heterocycles. The molecule has 3 rings (SSSR count). The molecule has 2 nitrogen and oxygen atoms in total. The maximum Gasteiger partial charge on any atom is 0.0386 e. The molecule has 1 saturated heterocycles. The van der Waals surface area contributed by atoms with Crippen molar-refractivity contribution in [2.75, 3.05) is 23.3 Å². The maximum atomic E-state index is 3.74. The zero-order chi connectivity index (χ0) is 13.1. The van der Waals surface area contributed by atoms with Crippen molar-refractivity contribution in [3.05, 3.63) is 24.3 Å². The van der Waals surface area contributed by atoms with E-state index in [9.17, 15) is 0 Å². The molecule has 0 radical (unpaired) electrons. The molecule has 1 aromatic rings. The molecule has 0 amide bonds. The Kier molecular flexibility index (Phi) is 7.69. The molecule has 1 heterocycles. The van der Waals surface area contributed by atoms with Gasteiger partial charge in [0, 0.05) is 30.5 Å². The Hall–Kier alpha value is -0.600.